The number of carbonyl (C=O) groups is 2. The molecule has 0 saturated heterocycles. The molecule has 0 atom stereocenters. The minimum atomic E-state index is -0.444. The van der Waals surface area contributed by atoms with Gasteiger partial charge in [0, 0.05) is 0 Å². The highest BCUT2D eigenvalue weighted by Crippen LogP contribution is 2.59. The lowest BCUT2D eigenvalue weighted by atomic mass is 9.49. The minimum Gasteiger partial charge on any atom is -0.273 e. The summed E-state index contributed by atoms with van der Waals surface area (Å²) < 4.78 is 0. The van der Waals surface area contributed by atoms with E-state index in [0.717, 1.165) is 19.3 Å². The summed E-state index contributed by atoms with van der Waals surface area (Å²) >= 11 is 0. The molecule has 5 nitrogen and oxygen atoms in total. The molecule has 4 aliphatic carbocycles. The van der Waals surface area contributed by atoms with Crippen molar-refractivity contribution in [1.82, 2.24) is 10.9 Å². The summed E-state index contributed by atoms with van der Waals surface area (Å²) in [6.07, 6.45) is 6.55. The zero-order valence-electron chi connectivity index (χ0n) is 10.9. The summed E-state index contributed by atoms with van der Waals surface area (Å²) in [5.74, 6) is 1.61. The molecule has 5 heteroatoms. The van der Waals surface area contributed by atoms with Crippen LogP contribution in [0.2, 0.25) is 0 Å². The van der Waals surface area contributed by atoms with Crippen LogP contribution in [0.25, 0.3) is 0 Å². The van der Waals surface area contributed by atoms with E-state index in [-0.39, 0.29) is 17.7 Å². The summed E-state index contributed by atoms with van der Waals surface area (Å²) in [6, 6.07) is 1.76. The summed E-state index contributed by atoms with van der Waals surface area (Å²) in [7, 11) is 0. The Morgan fingerprint density at radius 2 is 1.58 bits per heavy atom. The zero-order valence-corrected chi connectivity index (χ0v) is 10.9. The monoisotopic (exact) mass is 261 g/mol. The molecule has 4 saturated carbocycles. The van der Waals surface area contributed by atoms with E-state index in [9.17, 15) is 9.59 Å². The first-order chi connectivity index (χ1) is 9.11. The Morgan fingerprint density at radius 3 is 2.05 bits per heavy atom. The molecule has 2 amide bonds. The van der Waals surface area contributed by atoms with E-state index in [4.69, 9.17) is 5.26 Å². The molecular formula is C14H19N3O2. The quantitative estimate of drug-likeness (QED) is 0.734. The number of carbonyl (C=O) groups excluding carboxylic acids is 2. The second kappa shape index (κ2) is 4.52. The van der Waals surface area contributed by atoms with Crippen molar-refractivity contribution in [2.45, 2.75) is 44.9 Å². The van der Waals surface area contributed by atoms with Gasteiger partial charge in [-0.2, -0.15) is 5.26 Å². The van der Waals surface area contributed by atoms with Gasteiger partial charge >= 0.3 is 0 Å². The summed E-state index contributed by atoms with van der Waals surface area (Å²) in [5, 5.41) is 8.41. The molecule has 0 radical (unpaired) electrons. The lowest BCUT2D eigenvalue weighted by molar-refractivity contribution is -0.148. The number of amides is 2. The van der Waals surface area contributed by atoms with E-state index >= 15 is 0 Å². The van der Waals surface area contributed by atoms with Crippen LogP contribution in [0.4, 0.5) is 0 Å². The number of nitrogens with zero attached hydrogens (tertiary/aromatic N) is 1. The summed E-state index contributed by atoms with van der Waals surface area (Å²) in [6.45, 7) is 0. The second-order valence-corrected chi connectivity index (χ2v) is 6.54. The van der Waals surface area contributed by atoms with Crippen LogP contribution in [0.1, 0.15) is 44.9 Å². The van der Waals surface area contributed by atoms with E-state index in [1.165, 1.54) is 19.3 Å². The molecule has 102 valence electrons. The topological polar surface area (TPSA) is 82.0 Å². The van der Waals surface area contributed by atoms with Crippen molar-refractivity contribution in [2.75, 3.05) is 0 Å². The number of hydrazine groups is 1. The predicted molar refractivity (Wildman–Crippen MR) is 67.1 cm³/mol. The van der Waals surface area contributed by atoms with Crippen LogP contribution in [0.5, 0.6) is 0 Å². The Morgan fingerprint density at radius 1 is 1.05 bits per heavy atom. The third-order valence-electron chi connectivity index (χ3n) is 5.07. The molecule has 2 N–H and O–H groups in total. The van der Waals surface area contributed by atoms with Gasteiger partial charge in [-0.1, -0.05) is 0 Å². The van der Waals surface area contributed by atoms with Crippen LogP contribution in [-0.2, 0) is 9.59 Å². The lowest BCUT2D eigenvalue weighted by Gasteiger charge is -2.55. The summed E-state index contributed by atoms with van der Waals surface area (Å²) in [4.78, 5) is 23.6. The van der Waals surface area contributed by atoms with E-state index in [1.54, 1.807) is 6.07 Å². The first-order valence-electron chi connectivity index (χ1n) is 7.07. The maximum absolute atomic E-state index is 12.4. The highest BCUT2D eigenvalue weighted by atomic mass is 16.2. The van der Waals surface area contributed by atoms with Gasteiger partial charge in [-0.3, -0.25) is 20.4 Å². The van der Waals surface area contributed by atoms with Gasteiger partial charge in [-0.15, -0.1) is 0 Å². The van der Waals surface area contributed by atoms with Crippen molar-refractivity contribution in [3.8, 4) is 6.07 Å². The van der Waals surface area contributed by atoms with Gasteiger partial charge in [0.1, 0.15) is 6.42 Å². The van der Waals surface area contributed by atoms with Crippen LogP contribution in [-0.4, -0.2) is 11.8 Å². The molecule has 0 heterocycles. The van der Waals surface area contributed by atoms with Crippen LogP contribution < -0.4 is 10.9 Å². The average Bonchev–Trinajstić information content (AvgIpc) is 2.34. The normalized spacial score (nSPS) is 38.6. The maximum Gasteiger partial charge on any atom is 0.252 e. The summed E-state index contributed by atoms with van der Waals surface area (Å²) in [5.41, 5.74) is 4.63. The van der Waals surface area contributed by atoms with Gasteiger partial charge in [0.25, 0.3) is 5.91 Å². The Kier molecular flexibility index (Phi) is 2.96. The van der Waals surface area contributed by atoms with Gasteiger partial charge in [-0.25, -0.2) is 0 Å². The Bertz CT molecular complexity index is 417. The molecule has 0 aromatic rings. The fourth-order valence-corrected chi connectivity index (χ4v) is 4.76. The third kappa shape index (κ3) is 2.20. The molecule has 0 aliphatic heterocycles. The Balaban J connectivity index is 1.63. The molecule has 4 fully saturated rings. The van der Waals surface area contributed by atoms with Gasteiger partial charge in [0.2, 0.25) is 5.91 Å². The average molecular weight is 261 g/mol. The Labute approximate surface area is 112 Å². The SMILES string of the molecule is N#CCC(=O)NNC(=O)C12CC3CC(CC(C3)C1)C2. The zero-order chi connectivity index (χ0) is 13.5. The van der Waals surface area contributed by atoms with E-state index in [0.29, 0.717) is 17.8 Å². The molecule has 4 rings (SSSR count). The van der Waals surface area contributed by atoms with E-state index < -0.39 is 5.91 Å². The van der Waals surface area contributed by atoms with Gasteiger partial charge in [0.15, 0.2) is 0 Å². The minimum absolute atomic E-state index is 0.0436. The van der Waals surface area contributed by atoms with Crippen molar-refractivity contribution >= 4 is 11.8 Å². The van der Waals surface area contributed by atoms with Crippen molar-refractivity contribution in [3.63, 3.8) is 0 Å². The fraction of sp³-hybridized carbons (Fsp3) is 0.786. The van der Waals surface area contributed by atoms with E-state index in [2.05, 4.69) is 10.9 Å². The number of nitrogens with one attached hydrogen (secondary N) is 2. The first-order valence-corrected chi connectivity index (χ1v) is 7.07. The second-order valence-electron chi connectivity index (χ2n) is 6.54. The van der Waals surface area contributed by atoms with Crippen molar-refractivity contribution in [2.24, 2.45) is 23.2 Å². The van der Waals surface area contributed by atoms with Crippen LogP contribution >= 0.6 is 0 Å². The van der Waals surface area contributed by atoms with Crippen molar-refractivity contribution in [1.29, 1.82) is 5.26 Å². The van der Waals surface area contributed by atoms with Gasteiger partial charge < -0.3 is 0 Å². The molecule has 0 unspecified atom stereocenters. The molecule has 0 aromatic carbocycles. The molecule has 0 aromatic heterocycles. The largest absolute Gasteiger partial charge is 0.273 e. The predicted octanol–water partition coefficient (Wildman–Crippen LogP) is 1.26. The first kappa shape index (κ1) is 12.5. The van der Waals surface area contributed by atoms with Gasteiger partial charge in [-0.05, 0) is 56.3 Å². The number of rotatable bonds is 2. The van der Waals surface area contributed by atoms with Crippen LogP contribution in [0.3, 0.4) is 0 Å². The number of hydrogen-bond donors (Lipinski definition) is 2. The van der Waals surface area contributed by atoms with Gasteiger partial charge in [0.05, 0.1) is 11.5 Å². The van der Waals surface area contributed by atoms with Crippen LogP contribution in [0.15, 0.2) is 0 Å². The molecule has 19 heavy (non-hydrogen) atoms. The number of hydrogen-bond acceptors (Lipinski definition) is 3. The standard InChI is InChI=1S/C14H19N3O2/c15-2-1-12(18)16-17-13(19)14-6-9-3-10(7-14)5-11(4-9)8-14/h9-11H,1,3-8H2,(H,16,18)(H,17,19). The smallest absolute Gasteiger partial charge is 0.252 e. The highest BCUT2D eigenvalue weighted by Gasteiger charge is 2.54. The van der Waals surface area contributed by atoms with Crippen molar-refractivity contribution < 1.29 is 9.59 Å². The molecular weight excluding hydrogens is 242 g/mol. The maximum atomic E-state index is 12.4. The van der Waals surface area contributed by atoms with E-state index in [1.807, 2.05) is 0 Å². The highest BCUT2D eigenvalue weighted by molar-refractivity contribution is 5.86. The number of nitriles is 1. The Hall–Kier alpha value is -1.57. The lowest BCUT2D eigenvalue weighted by Crippen LogP contribution is -2.56. The third-order valence-corrected chi connectivity index (χ3v) is 5.07. The van der Waals surface area contributed by atoms with Crippen LogP contribution in [0, 0.1) is 34.5 Å². The fourth-order valence-electron chi connectivity index (χ4n) is 4.76. The molecule has 4 aliphatic rings. The molecule has 0 spiro atoms. The molecule has 4 bridgehead atoms. The van der Waals surface area contributed by atoms with Crippen molar-refractivity contribution in [3.05, 3.63) is 0 Å².